The lowest BCUT2D eigenvalue weighted by Crippen LogP contribution is -2.47. The topological polar surface area (TPSA) is 81.8 Å². The van der Waals surface area contributed by atoms with Crippen LogP contribution < -0.4 is 5.73 Å². The van der Waals surface area contributed by atoms with Crippen LogP contribution in [0.5, 0.6) is 0 Å². The summed E-state index contributed by atoms with van der Waals surface area (Å²) in [5.41, 5.74) is 4.63. The van der Waals surface area contributed by atoms with E-state index in [-0.39, 0.29) is 6.10 Å². The molecule has 17 heavy (non-hydrogen) atoms. The van der Waals surface area contributed by atoms with Gasteiger partial charge in [-0.05, 0) is 33.1 Å². The highest BCUT2D eigenvalue weighted by Crippen LogP contribution is 2.14. The minimum absolute atomic E-state index is 0.211. The van der Waals surface area contributed by atoms with Crippen LogP contribution >= 0.6 is 0 Å². The Balaban J connectivity index is 3.53. The van der Waals surface area contributed by atoms with Crippen LogP contribution in [-0.2, 0) is 14.3 Å². The van der Waals surface area contributed by atoms with Crippen LogP contribution in [0.4, 0.5) is 0 Å². The summed E-state index contributed by atoms with van der Waals surface area (Å²) in [4.78, 5) is 10.9. The number of nitrogens with two attached hydrogens (primary N) is 1. The van der Waals surface area contributed by atoms with Crippen LogP contribution in [0.25, 0.3) is 0 Å². The quantitative estimate of drug-likeness (QED) is 0.570. The third-order valence-corrected chi connectivity index (χ3v) is 2.65. The van der Waals surface area contributed by atoms with E-state index >= 15 is 0 Å². The summed E-state index contributed by atoms with van der Waals surface area (Å²) in [7, 11) is 0. The summed E-state index contributed by atoms with van der Waals surface area (Å²) in [5, 5.41) is 8.95. The highest BCUT2D eigenvalue weighted by atomic mass is 16.5. The van der Waals surface area contributed by atoms with E-state index in [4.69, 9.17) is 20.3 Å². The van der Waals surface area contributed by atoms with Crippen molar-refractivity contribution in [1.82, 2.24) is 0 Å². The number of aliphatic carboxylic acids is 1. The molecule has 3 N–H and O–H groups in total. The van der Waals surface area contributed by atoms with Crippen molar-refractivity contribution in [3.8, 4) is 0 Å². The van der Waals surface area contributed by atoms with Gasteiger partial charge in [0, 0.05) is 6.61 Å². The molecule has 0 spiro atoms. The maximum atomic E-state index is 10.9. The first kappa shape index (κ1) is 16.4. The van der Waals surface area contributed by atoms with Crippen molar-refractivity contribution in [1.29, 1.82) is 0 Å². The predicted octanol–water partition coefficient (Wildman–Crippen LogP) is 1.40. The molecule has 102 valence electrons. The Labute approximate surface area is 103 Å². The molecule has 0 aliphatic carbocycles. The maximum absolute atomic E-state index is 10.9. The van der Waals surface area contributed by atoms with E-state index in [0.717, 1.165) is 0 Å². The number of carboxylic acid groups (broad SMARTS) is 1. The second kappa shape index (κ2) is 8.44. The van der Waals surface area contributed by atoms with E-state index in [2.05, 4.69) is 0 Å². The molecular weight excluding hydrogens is 222 g/mol. The molecule has 0 heterocycles. The van der Waals surface area contributed by atoms with E-state index in [1.165, 1.54) is 0 Å². The Morgan fingerprint density at radius 3 is 2.47 bits per heavy atom. The lowest BCUT2D eigenvalue weighted by atomic mass is 9.92. The Hall–Kier alpha value is -0.650. The summed E-state index contributed by atoms with van der Waals surface area (Å²) >= 11 is 0. The van der Waals surface area contributed by atoms with Gasteiger partial charge in [0.15, 0.2) is 0 Å². The first-order chi connectivity index (χ1) is 7.92. The monoisotopic (exact) mass is 247 g/mol. The van der Waals surface area contributed by atoms with Gasteiger partial charge >= 0.3 is 5.97 Å². The molecule has 0 radical (unpaired) electrons. The van der Waals surface area contributed by atoms with Crippen LogP contribution in [0, 0.1) is 0 Å². The molecule has 0 aliphatic heterocycles. The van der Waals surface area contributed by atoms with Crippen molar-refractivity contribution in [3.63, 3.8) is 0 Å². The Kier molecular flexibility index (Phi) is 8.12. The van der Waals surface area contributed by atoms with Crippen molar-refractivity contribution in [2.45, 2.75) is 51.7 Å². The Bertz CT molecular complexity index is 221. The van der Waals surface area contributed by atoms with Gasteiger partial charge < -0.3 is 20.3 Å². The average molecular weight is 247 g/mol. The van der Waals surface area contributed by atoms with Crippen LogP contribution in [-0.4, -0.2) is 42.5 Å². The summed E-state index contributed by atoms with van der Waals surface area (Å²) in [6, 6.07) is 0. The van der Waals surface area contributed by atoms with Crippen molar-refractivity contribution < 1.29 is 19.4 Å². The second-order valence-corrected chi connectivity index (χ2v) is 4.45. The lowest BCUT2D eigenvalue weighted by molar-refractivity contribution is -0.143. The second-order valence-electron chi connectivity index (χ2n) is 4.45. The van der Waals surface area contributed by atoms with Gasteiger partial charge in [0.25, 0.3) is 0 Å². The number of ether oxygens (including phenoxy) is 2. The van der Waals surface area contributed by atoms with E-state index < -0.39 is 11.5 Å². The lowest BCUT2D eigenvalue weighted by Gasteiger charge is -2.22. The molecule has 0 saturated heterocycles. The predicted molar refractivity (Wildman–Crippen MR) is 66.0 cm³/mol. The first-order valence-corrected chi connectivity index (χ1v) is 6.14. The molecule has 5 nitrogen and oxygen atoms in total. The van der Waals surface area contributed by atoms with Gasteiger partial charge in [-0.1, -0.05) is 6.92 Å². The molecule has 0 amide bonds. The van der Waals surface area contributed by atoms with Gasteiger partial charge in [0.1, 0.15) is 5.54 Å². The number of carboxylic acids is 1. The van der Waals surface area contributed by atoms with Crippen LogP contribution in [0.2, 0.25) is 0 Å². The highest BCUT2D eigenvalue weighted by Gasteiger charge is 2.30. The molecule has 0 aromatic heterocycles. The molecular formula is C12H25NO4. The molecule has 5 heteroatoms. The molecule has 0 aliphatic rings. The molecule has 0 fully saturated rings. The van der Waals surface area contributed by atoms with Crippen LogP contribution in [0.15, 0.2) is 0 Å². The molecule has 0 saturated carbocycles. The fourth-order valence-electron chi connectivity index (χ4n) is 1.37. The largest absolute Gasteiger partial charge is 0.480 e. The third-order valence-electron chi connectivity index (χ3n) is 2.65. The van der Waals surface area contributed by atoms with Crippen molar-refractivity contribution in [3.05, 3.63) is 0 Å². The fourth-order valence-corrected chi connectivity index (χ4v) is 1.37. The summed E-state index contributed by atoms with van der Waals surface area (Å²) < 4.78 is 10.6. The normalized spacial score (nSPS) is 14.9. The van der Waals surface area contributed by atoms with Gasteiger partial charge in [-0.25, -0.2) is 0 Å². The van der Waals surface area contributed by atoms with E-state index in [1.807, 2.05) is 13.8 Å². The SMILES string of the molecule is CCC(N)(CCCOCCOC(C)C)C(=O)O. The molecule has 0 bridgehead atoms. The minimum atomic E-state index is -1.11. The van der Waals surface area contributed by atoms with Gasteiger partial charge in [-0.2, -0.15) is 0 Å². The zero-order valence-electron chi connectivity index (χ0n) is 11.1. The number of carbonyl (C=O) groups is 1. The van der Waals surface area contributed by atoms with Crippen molar-refractivity contribution in [2.75, 3.05) is 19.8 Å². The molecule has 0 aromatic rings. The van der Waals surface area contributed by atoms with Gasteiger partial charge in [-0.15, -0.1) is 0 Å². The Morgan fingerprint density at radius 1 is 1.35 bits per heavy atom. The van der Waals surface area contributed by atoms with Crippen LogP contribution in [0.1, 0.15) is 40.0 Å². The number of hydrogen-bond donors (Lipinski definition) is 2. The van der Waals surface area contributed by atoms with E-state index in [9.17, 15) is 4.79 Å². The summed E-state index contributed by atoms with van der Waals surface area (Å²) in [5.74, 6) is -0.942. The first-order valence-electron chi connectivity index (χ1n) is 6.14. The number of hydrogen-bond acceptors (Lipinski definition) is 4. The zero-order valence-corrected chi connectivity index (χ0v) is 11.1. The van der Waals surface area contributed by atoms with Crippen LogP contribution in [0.3, 0.4) is 0 Å². The highest BCUT2D eigenvalue weighted by molar-refractivity contribution is 5.78. The molecule has 1 atom stereocenters. The average Bonchev–Trinajstić information content (AvgIpc) is 2.26. The van der Waals surface area contributed by atoms with Gasteiger partial charge in [0.05, 0.1) is 19.3 Å². The Morgan fingerprint density at radius 2 is 2.00 bits per heavy atom. The zero-order chi connectivity index (χ0) is 13.3. The van der Waals surface area contributed by atoms with Gasteiger partial charge in [0.2, 0.25) is 0 Å². The van der Waals surface area contributed by atoms with Gasteiger partial charge in [-0.3, -0.25) is 4.79 Å². The van der Waals surface area contributed by atoms with Crippen molar-refractivity contribution >= 4 is 5.97 Å². The standard InChI is InChI=1S/C12H25NO4/c1-4-12(13,11(14)15)6-5-7-16-8-9-17-10(2)3/h10H,4-9,13H2,1-3H3,(H,14,15). The maximum Gasteiger partial charge on any atom is 0.323 e. The molecule has 1 unspecified atom stereocenters. The molecule has 0 aromatic carbocycles. The summed E-state index contributed by atoms with van der Waals surface area (Å²) in [6.45, 7) is 7.35. The fraction of sp³-hybridized carbons (Fsp3) is 0.917. The number of rotatable bonds is 10. The summed E-state index contributed by atoms with van der Waals surface area (Å²) in [6.07, 6.45) is 1.73. The minimum Gasteiger partial charge on any atom is -0.480 e. The smallest absolute Gasteiger partial charge is 0.323 e. The molecule has 0 rings (SSSR count). The van der Waals surface area contributed by atoms with E-state index in [1.54, 1.807) is 6.92 Å². The van der Waals surface area contributed by atoms with E-state index in [0.29, 0.717) is 39.1 Å². The third kappa shape index (κ3) is 7.31. The van der Waals surface area contributed by atoms with Crippen molar-refractivity contribution in [2.24, 2.45) is 5.73 Å².